The number of rotatable bonds is 3. The highest BCUT2D eigenvalue weighted by atomic mass is 32.1. The number of methoxy groups -OCH3 is 1. The summed E-state index contributed by atoms with van der Waals surface area (Å²) < 4.78 is 12.2. The summed E-state index contributed by atoms with van der Waals surface area (Å²) in [6.45, 7) is 2.38. The van der Waals surface area contributed by atoms with Crippen molar-refractivity contribution in [1.29, 1.82) is 0 Å². The van der Waals surface area contributed by atoms with Gasteiger partial charge < -0.3 is 14.4 Å². The summed E-state index contributed by atoms with van der Waals surface area (Å²) in [4.78, 5) is 28.1. The smallest absolute Gasteiger partial charge is 0.358 e. The SMILES string of the molecule is COC(=O)c1cc2n(n1)CCN(C(=O)c1ccc([C@@H]3CCCO3)s1)C2. The Morgan fingerprint density at radius 3 is 3.00 bits per heavy atom. The molecule has 1 atom stereocenters. The molecule has 132 valence electrons. The summed E-state index contributed by atoms with van der Waals surface area (Å²) >= 11 is 1.51. The molecule has 25 heavy (non-hydrogen) atoms. The van der Waals surface area contributed by atoms with Crippen LogP contribution in [0.3, 0.4) is 0 Å². The van der Waals surface area contributed by atoms with E-state index in [1.807, 2.05) is 12.1 Å². The van der Waals surface area contributed by atoms with Crippen LogP contribution in [0.15, 0.2) is 18.2 Å². The van der Waals surface area contributed by atoms with E-state index >= 15 is 0 Å². The van der Waals surface area contributed by atoms with Crippen molar-refractivity contribution >= 4 is 23.2 Å². The first-order valence-electron chi connectivity index (χ1n) is 8.31. The lowest BCUT2D eigenvalue weighted by molar-refractivity contribution is 0.0591. The zero-order chi connectivity index (χ0) is 17.4. The second kappa shape index (κ2) is 6.61. The van der Waals surface area contributed by atoms with Gasteiger partial charge in [0.25, 0.3) is 5.91 Å². The number of thiophene rings is 1. The number of nitrogens with zero attached hydrogens (tertiary/aromatic N) is 3. The quantitative estimate of drug-likeness (QED) is 0.784. The van der Waals surface area contributed by atoms with Gasteiger partial charge in [0.2, 0.25) is 0 Å². The van der Waals surface area contributed by atoms with Crippen molar-refractivity contribution in [3.63, 3.8) is 0 Å². The average molecular weight is 361 g/mol. The van der Waals surface area contributed by atoms with Gasteiger partial charge in [0, 0.05) is 18.0 Å². The summed E-state index contributed by atoms with van der Waals surface area (Å²) in [5, 5.41) is 4.23. The Labute approximate surface area is 149 Å². The predicted molar refractivity (Wildman–Crippen MR) is 90.6 cm³/mol. The second-order valence-electron chi connectivity index (χ2n) is 6.17. The topological polar surface area (TPSA) is 73.7 Å². The molecule has 7 nitrogen and oxygen atoms in total. The van der Waals surface area contributed by atoms with E-state index in [0.29, 0.717) is 19.6 Å². The van der Waals surface area contributed by atoms with Gasteiger partial charge in [-0.15, -0.1) is 11.3 Å². The third-order valence-electron chi connectivity index (χ3n) is 4.56. The summed E-state index contributed by atoms with van der Waals surface area (Å²) in [5.74, 6) is -0.444. The molecule has 4 heterocycles. The molecule has 0 spiro atoms. The van der Waals surface area contributed by atoms with Crippen LogP contribution < -0.4 is 0 Å². The van der Waals surface area contributed by atoms with E-state index in [4.69, 9.17) is 9.47 Å². The summed E-state index contributed by atoms with van der Waals surface area (Å²) in [6, 6.07) is 5.57. The number of aromatic nitrogens is 2. The third-order valence-corrected chi connectivity index (χ3v) is 5.73. The number of hydrogen-bond donors (Lipinski definition) is 0. The Morgan fingerprint density at radius 2 is 2.24 bits per heavy atom. The maximum atomic E-state index is 12.8. The lowest BCUT2D eigenvalue weighted by Crippen LogP contribution is -2.38. The van der Waals surface area contributed by atoms with Gasteiger partial charge in [-0.05, 0) is 31.0 Å². The van der Waals surface area contributed by atoms with Crippen molar-refractivity contribution in [3.05, 3.63) is 39.3 Å². The standard InChI is InChI=1S/C17H19N3O4S/c1-23-17(22)12-9-11-10-19(6-7-20(11)18-12)16(21)15-5-4-14(25-15)13-3-2-8-24-13/h4-5,9,13H,2-3,6-8,10H2,1H3/t13-/m0/s1. The van der Waals surface area contributed by atoms with Crippen molar-refractivity contribution in [3.8, 4) is 0 Å². The normalized spacial score (nSPS) is 19.7. The fourth-order valence-corrected chi connectivity index (χ4v) is 4.30. The molecule has 1 saturated heterocycles. The van der Waals surface area contributed by atoms with Crippen LogP contribution in [0.25, 0.3) is 0 Å². The van der Waals surface area contributed by atoms with E-state index in [1.165, 1.54) is 18.4 Å². The Balaban J connectivity index is 1.48. The molecule has 0 aromatic carbocycles. The number of ether oxygens (including phenoxy) is 2. The van der Waals surface area contributed by atoms with Gasteiger partial charge >= 0.3 is 5.97 Å². The van der Waals surface area contributed by atoms with E-state index in [-0.39, 0.29) is 17.7 Å². The van der Waals surface area contributed by atoms with Gasteiger partial charge in [-0.25, -0.2) is 4.79 Å². The van der Waals surface area contributed by atoms with Crippen LogP contribution in [0.2, 0.25) is 0 Å². The molecule has 1 amide bonds. The molecule has 0 bridgehead atoms. The molecule has 4 rings (SSSR count). The first kappa shape index (κ1) is 16.3. The molecular weight excluding hydrogens is 342 g/mol. The highest BCUT2D eigenvalue weighted by Crippen LogP contribution is 2.34. The zero-order valence-electron chi connectivity index (χ0n) is 13.9. The molecule has 1 fully saturated rings. The lowest BCUT2D eigenvalue weighted by Gasteiger charge is -2.27. The van der Waals surface area contributed by atoms with Crippen LogP contribution in [0.5, 0.6) is 0 Å². The van der Waals surface area contributed by atoms with Gasteiger partial charge in [0.1, 0.15) is 0 Å². The van der Waals surface area contributed by atoms with E-state index < -0.39 is 5.97 Å². The highest BCUT2D eigenvalue weighted by molar-refractivity contribution is 7.14. The van der Waals surface area contributed by atoms with E-state index in [2.05, 4.69) is 5.10 Å². The van der Waals surface area contributed by atoms with Gasteiger partial charge in [0.15, 0.2) is 5.69 Å². The minimum atomic E-state index is -0.459. The summed E-state index contributed by atoms with van der Waals surface area (Å²) in [7, 11) is 1.33. The lowest BCUT2D eigenvalue weighted by atomic mass is 10.2. The Kier molecular flexibility index (Phi) is 4.30. The van der Waals surface area contributed by atoms with Gasteiger partial charge in [-0.2, -0.15) is 5.10 Å². The second-order valence-corrected chi connectivity index (χ2v) is 7.28. The van der Waals surface area contributed by atoms with E-state index in [9.17, 15) is 9.59 Å². The molecule has 2 aromatic rings. The van der Waals surface area contributed by atoms with E-state index in [0.717, 1.165) is 34.9 Å². The molecule has 0 unspecified atom stereocenters. The average Bonchev–Trinajstić information content (AvgIpc) is 3.38. The number of carbonyl (C=O) groups excluding carboxylic acids is 2. The van der Waals surface area contributed by atoms with Gasteiger partial charge in [0.05, 0.1) is 36.9 Å². The van der Waals surface area contributed by atoms with Gasteiger partial charge in [-0.1, -0.05) is 0 Å². The molecule has 8 heteroatoms. The summed E-state index contributed by atoms with van der Waals surface area (Å²) in [5.41, 5.74) is 1.12. The maximum absolute atomic E-state index is 12.8. The molecule has 0 radical (unpaired) electrons. The first-order chi connectivity index (χ1) is 12.2. The minimum Gasteiger partial charge on any atom is -0.464 e. The number of carbonyl (C=O) groups is 2. The number of fused-ring (bicyclic) bond motifs is 1. The first-order valence-corrected chi connectivity index (χ1v) is 9.13. The van der Waals surface area contributed by atoms with Gasteiger partial charge in [-0.3, -0.25) is 9.48 Å². The fraction of sp³-hybridized carbons (Fsp3) is 0.471. The van der Waals surface area contributed by atoms with Crippen LogP contribution in [-0.2, 0) is 22.6 Å². The third kappa shape index (κ3) is 3.07. The van der Waals surface area contributed by atoms with Crippen LogP contribution in [0.1, 0.15) is 49.7 Å². The fourth-order valence-electron chi connectivity index (χ4n) is 3.24. The molecule has 0 aliphatic carbocycles. The molecule has 0 N–H and O–H groups in total. The van der Waals surface area contributed by atoms with Crippen molar-refractivity contribution in [2.45, 2.75) is 32.0 Å². The number of esters is 1. The molecule has 2 aromatic heterocycles. The van der Waals surface area contributed by atoms with Crippen LogP contribution in [-0.4, -0.2) is 46.8 Å². The van der Waals surface area contributed by atoms with Crippen molar-refractivity contribution < 1.29 is 19.1 Å². The van der Waals surface area contributed by atoms with Crippen molar-refractivity contribution in [2.24, 2.45) is 0 Å². The maximum Gasteiger partial charge on any atom is 0.358 e. The number of amides is 1. The molecular formula is C17H19N3O4S. The summed E-state index contributed by atoms with van der Waals surface area (Å²) in [6.07, 6.45) is 2.23. The van der Waals surface area contributed by atoms with Crippen LogP contribution in [0, 0.1) is 0 Å². The predicted octanol–water partition coefficient (Wildman–Crippen LogP) is 2.24. The van der Waals surface area contributed by atoms with Crippen molar-refractivity contribution in [1.82, 2.24) is 14.7 Å². The zero-order valence-corrected chi connectivity index (χ0v) is 14.8. The van der Waals surface area contributed by atoms with Crippen LogP contribution in [0.4, 0.5) is 0 Å². The van der Waals surface area contributed by atoms with Crippen molar-refractivity contribution in [2.75, 3.05) is 20.3 Å². The Morgan fingerprint density at radius 1 is 1.36 bits per heavy atom. The highest BCUT2D eigenvalue weighted by Gasteiger charge is 2.27. The van der Waals surface area contributed by atoms with E-state index in [1.54, 1.807) is 15.6 Å². The Bertz CT molecular complexity index is 807. The molecule has 2 aliphatic rings. The largest absolute Gasteiger partial charge is 0.464 e. The Hall–Kier alpha value is -2.19. The number of hydrogen-bond acceptors (Lipinski definition) is 6. The monoisotopic (exact) mass is 361 g/mol. The van der Waals surface area contributed by atoms with Crippen LogP contribution >= 0.6 is 11.3 Å². The molecule has 0 saturated carbocycles. The minimum absolute atomic E-state index is 0.0151. The molecule has 2 aliphatic heterocycles.